The second-order valence-electron chi connectivity index (χ2n) is 6.60. The molecule has 21 heavy (non-hydrogen) atoms. The van der Waals surface area contributed by atoms with Gasteiger partial charge in [-0.2, -0.15) is 0 Å². The van der Waals surface area contributed by atoms with Gasteiger partial charge in [-0.15, -0.1) is 0 Å². The molecule has 1 aromatic carbocycles. The maximum Gasteiger partial charge on any atom is 0.245 e. The van der Waals surface area contributed by atoms with Crippen LogP contribution in [0.3, 0.4) is 0 Å². The normalized spacial score (nSPS) is 31.5. The summed E-state index contributed by atoms with van der Waals surface area (Å²) in [5.74, 6) is 0.884. The SMILES string of the molecule is CC1NC(=O)C(C2CC2)N(CC2Cc3ccccc32)C1=O. The van der Waals surface area contributed by atoms with Crippen LogP contribution in [0.5, 0.6) is 0 Å². The van der Waals surface area contributed by atoms with E-state index in [0.717, 1.165) is 19.3 Å². The van der Waals surface area contributed by atoms with Crippen molar-refractivity contribution in [3.63, 3.8) is 0 Å². The summed E-state index contributed by atoms with van der Waals surface area (Å²) < 4.78 is 0. The minimum absolute atomic E-state index is 0.0391. The summed E-state index contributed by atoms with van der Waals surface area (Å²) in [5.41, 5.74) is 2.73. The van der Waals surface area contributed by atoms with E-state index in [9.17, 15) is 9.59 Å². The number of carbonyl (C=O) groups excluding carboxylic acids is 2. The third-order valence-corrected chi connectivity index (χ3v) is 5.06. The Balaban J connectivity index is 1.57. The summed E-state index contributed by atoms with van der Waals surface area (Å²) in [6, 6.07) is 7.79. The molecule has 2 amide bonds. The van der Waals surface area contributed by atoms with E-state index in [1.165, 1.54) is 11.1 Å². The van der Waals surface area contributed by atoms with Crippen molar-refractivity contribution in [2.75, 3.05) is 6.54 Å². The van der Waals surface area contributed by atoms with Crippen LogP contribution in [0.1, 0.15) is 36.8 Å². The zero-order chi connectivity index (χ0) is 14.6. The molecule has 4 nitrogen and oxygen atoms in total. The van der Waals surface area contributed by atoms with Crippen LogP contribution < -0.4 is 5.32 Å². The number of carbonyl (C=O) groups is 2. The molecule has 0 bridgehead atoms. The van der Waals surface area contributed by atoms with Gasteiger partial charge in [-0.3, -0.25) is 9.59 Å². The first-order valence-corrected chi connectivity index (χ1v) is 7.84. The van der Waals surface area contributed by atoms with Crippen LogP contribution in [0.2, 0.25) is 0 Å². The molecule has 0 radical (unpaired) electrons. The van der Waals surface area contributed by atoms with Crippen LogP contribution in [0, 0.1) is 5.92 Å². The molecule has 1 saturated carbocycles. The zero-order valence-corrected chi connectivity index (χ0v) is 12.2. The number of amides is 2. The molecular weight excluding hydrogens is 264 g/mol. The molecule has 3 atom stereocenters. The van der Waals surface area contributed by atoms with Gasteiger partial charge in [0.15, 0.2) is 0 Å². The largest absolute Gasteiger partial charge is 0.343 e. The minimum Gasteiger partial charge on any atom is -0.343 e. The molecule has 0 aromatic heterocycles. The highest BCUT2D eigenvalue weighted by molar-refractivity contribution is 5.97. The van der Waals surface area contributed by atoms with Gasteiger partial charge in [0, 0.05) is 12.5 Å². The lowest BCUT2D eigenvalue weighted by Gasteiger charge is -2.42. The van der Waals surface area contributed by atoms with Gasteiger partial charge in [0.1, 0.15) is 12.1 Å². The summed E-state index contributed by atoms with van der Waals surface area (Å²) in [7, 11) is 0. The van der Waals surface area contributed by atoms with Gasteiger partial charge in [0.25, 0.3) is 0 Å². The average Bonchev–Trinajstić information content (AvgIpc) is 3.25. The van der Waals surface area contributed by atoms with Crippen molar-refractivity contribution >= 4 is 11.8 Å². The van der Waals surface area contributed by atoms with Crippen LogP contribution in [0.4, 0.5) is 0 Å². The minimum atomic E-state index is -0.386. The first-order valence-electron chi connectivity index (χ1n) is 7.84. The predicted molar refractivity (Wildman–Crippen MR) is 78.7 cm³/mol. The maximum absolute atomic E-state index is 12.5. The van der Waals surface area contributed by atoms with E-state index in [1.54, 1.807) is 6.92 Å². The van der Waals surface area contributed by atoms with Crippen molar-refractivity contribution in [1.29, 1.82) is 0 Å². The number of fused-ring (bicyclic) bond motifs is 1. The fourth-order valence-electron chi connectivity index (χ4n) is 3.73. The van der Waals surface area contributed by atoms with Gasteiger partial charge in [-0.05, 0) is 43.2 Å². The Morgan fingerprint density at radius 3 is 2.71 bits per heavy atom. The van der Waals surface area contributed by atoms with Crippen molar-refractivity contribution in [2.24, 2.45) is 5.92 Å². The van der Waals surface area contributed by atoms with E-state index in [2.05, 4.69) is 29.6 Å². The van der Waals surface area contributed by atoms with Crippen LogP contribution in [-0.4, -0.2) is 35.3 Å². The Morgan fingerprint density at radius 1 is 1.24 bits per heavy atom. The number of piperazine rings is 1. The number of benzene rings is 1. The highest BCUT2D eigenvalue weighted by Crippen LogP contribution is 2.40. The van der Waals surface area contributed by atoms with Crippen LogP contribution in [-0.2, 0) is 16.0 Å². The number of nitrogens with one attached hydrogen (secondary N) is 1. The Kier molecular flexibility index (Phi) is 2.81. The third-order valence-electron chi connectivity index (χ3n) is 5.06. The van der Waals surface area contributed by atoms with Crippen molar-refractivity contribution in [3.05, 3.63) is 35.4 Å². The fourth-order valence-corrected chi connectivity index (χ4v) is 3.73. The summed E-state index contributed by atoms with van der Waals surface area (Å²) in [5, 5.41) is 2.83. The highest BCUT2D eigenvalue weighted by Gasteiger charge is 2.47. The van der Waals surface area contributed by atoms with Gasteiger partial charge in [0.05, 0.1) is 0 Å². The summed E-state index contributed by atoms with van der Waals surface area (Å²) in [4.78, 5) is 26.6. The Bertz CT molecular complexity index is 609. The van der Waals surface area contributed by atoms with Gasteiger partial charge in [-0.25, -0.2) is 0 Å². The van der Waals surface area contributed by atoms with Gasteiger partial charge >= 0.3 is 0 Å². The quantitative estimate of drug-likeness (QED) is 0.913. The molecule has 2 aliphatic carbocycles. The Morgan fingerprint density at radius 2 is 2.00 bits per heavy atom. The fraction of sp³-hybridized carbons (Fsp3) is 0.529. The van der Waals surface area contributed by atoms with E-state index in [4.69, 9.17) is 0 Å². The molecule has 1 heterocycles. The average molecular weight is 284 g/mol. The first-order chi connectivity index (χ1) is 10.1. The third kappa shape index (κ3) is 2.04. The lowest BCUT2D eigenvalue weighted by molar-refractivity contribution is -0.150. The number of hydrogen-bond donors (Lipinski definition) is 1. The van der Waals surface area contributed by atoms with Crippen LogP contribution >= 0.6 is 0 Å². The molecule has 1 N–H and O–H groups in total. The van der Waals surface area contributed by atoms with E-state index >= 15 is 0 Å². The topological polar surface area (TPSA) is 49.4 Å². The smallest absolute Gasteiger partial charge is 0.245 e. The lowest BCUT2D eigenvalue weighted by Crippen LogP contribution is -2.64. The summed E-state index contributed by atoms with van der Waals surface area (Å²) in [6.07, 6.45) is 3.16. The van der Waals surface area contributed by atoms with Gasteiger partial charge < -0.3 is 10.2 Å². The van der Waals surface area contributed by atoms with Crippen LogP contribution in [0.15, 0.2) is 24.3 Å². The summed E-state index contributed by atoms with van der Waals surface area (Å²) >= 11 is 0. The molecule has 1 saturated heterocycles. The standard InChI is InChI=1S/C17H20N2O2/c1-10-17(21)19(15(11-6-7-11)16(20)18-10)9-13-8-12-4-2-3-5-14(12)13/h2-5,10-11,13,15H,6-9H2,1H3,(H,18,20). The number of nitrogens with zero attached hydrogens (tertiary/aromatic N) is 1. The molecule has 2 fully saturated rings. The molecule has 1 aromatic rings. The Labute approximate surface area is 124 Å². The van der Waals surface area contributed by atoms with Crippen molar-refractivity contribution < 1.29 is 9.59 Å². The van der Waals surface area contributed by atoms with Crippen LogP contribution in [0.25, 0.3) is 0 Å². The van der Waals surface area contributed by atoms with Crippen molar-refractivity contribution in [3.8, 4) is 0 Å². The molecule has 4 rings (SSSR count). The van der Waals surface area contributed by atoms with E-state index in [0.29, 0.717) is 18.4 Å². The second-order valence-corrected chi connectivity index (χ2v) is 6.60. The maximum atomic E-state index is 12.5. The Hall–Kier alpha value is -1.84. The summed E-state index contributed by atoms with van der Waals surface area (Å²) in [6.45, 7) is 2.47. The van der Waals surface area contributed by atoms with E-state index in [-0.39, 0.29) is 23.9 Å². The lowest BCUT2D eigenvalue weighted by atomic mass is 9.77. The molecule has 3 aliphatic rings. The molecule has 110 valence electrons. The molecule has 0 spiro atoms. The monoisotopic (exact) mass is 284 g/mol. The van der Waals surface area contributed by atoms with Crippen molar-refractivity contribution in [1.82, 2.24) is 10.2 Å². The molecule has 1 aliphatic heterocycles. The molecule has 4 heteroatoms. The molecular formula is C17H20N2O2. The second kappa shape index (κ2) is 4.58. The first kappa shape index (κ1) is 12.9. The predicted octanol–water partition coefficient (Wildman–Crippen LogP) is 1.45. The number of hydrogen-bond acceptors (Lipinski definition) is 2. The van der Waals surface area contributed by atoms with E-state index in [1.807, 2.05) is 4.90 Å². The van der Waals surface area contributed by atoms with Crippen molar-refractivity contribution in [2.45, 2.75) is 44.2 Å². The zero-order valence-electron chi connectivity index (χ0n) is 12.2. The highest BCUT2D eigenvalue weighted by atomic mass is 16.2. The molecule has 3 unspecified atom stereocenters. The van der Waals surface area contributed by atoms with Gasteiger partial charge in [-0.1, -0.05) is 24.3 Å². The number of rotatable bonds is 3. The van der Waals surface area contributed by atoms with E-state index < -0.39 is 0 Å². The van der Waals surface area contributed by atoms with Gasteiger partial charge in [0.2, 0.25) is 11.8 Å².